The van der Waals surface area contributed by atoms with E-state index in [0.29, 0.717) is 18.2 Å². The summed E-state index contributed by atoms with van der Waals surface area (Å²) in [7, 11) is 1.67. The van der Waals surface area contributed by atoms with Gasteiger partial charge in [0.2, 0.25) is 5.91 Å². The number of likely N-dealkylation sites (tertiary alicyclic amines) is 1. The second kappa shape index (κ2) is 9.08. The zero-order chi connectivity index (χ0) is 22.8. The highest BCUT2D eigenvalue weighted by atomic mass is 16.5. The van der Waals surface area contributed by atoms with E-state index in [9.17, 15) is 9.59 Å². The molecule has 0 bridgehead atoms. The van der Waals surface area contributed by atoms with Crippen LogP contribution in [0.25, 0.3) is 11.1 Å². The number of methoxy groups -OCH3 is 1. The number of rotatable bonds is 6. The molecule has 1 aliphatic carbocycles. The van der Waals surface area contributed by atoms with Gasteiger partial charge in [0.05, 0.1) is 13.7 Å². The van der Waals surface area contributed by atoms with Gasteiger partial charge in [0.25, 0.3) is 0 Å². The molecule has 6 heteroatoms. The van der Waals surface area contributed by atoms with Crippen LogP contribution < -0.4 is 15.4 Å². The average molecular weight is 442 g/mol. The molecule has 1 heterocycles. The number of nitrogens with one attached hydrogen (secondary N) is 2. The zero-order valence-corrected chi connectivity index (χ0v) is 18.6. The minimum atomic E-state index is -0.0332. The van der Waals surface area contributed by atoms with Gasteiger partial charge < -0.3 is 15.4 Å². The van der Waals surface area contributed by atoms with Crippen LogP contribution in [0.15, 0.2) is 66.7 Å². The molecular weight excluding hydrogens is 414 g/mol. The highest BCUT2D eigenvalue weighted by molar-refractivity contribution is 6.22. The third kappa shape index (κ3) is 4.47. The molecule has 33 heavy (non-hydrogen) atoms. The van der Waals surface area contributed by atoms with Crippen LogP contribution in [0, 0.1) is 0 Å². The van der Waals surface area contributed by atoms with Gasteiger partial charge in [0.15, 0.2) is 5.78 Å². The van der Waals surface area contributed by atoms with E-state index in [4.69, 9.17) is 4.74 Å². The topological polar surface area (TPSA) is 70.7 Å². The molecule has 6 nitrogen and oxygen atoms in total. The minimum absolute atomic E-state index is 0.0332. The summed E-state index contributed by atoms with van der Waals surface area (Å²) in [6.45, 7) is 2.10. The van der Waals surface area contributed by atoms with E-state index < -0.39 is 0 Å². The predicted molar refractivity (Wildman–Crippen MR) is 130 cm³/mol. The third-order valence-corrected chi connectivity index (χ3v) is 6.43. The first-order chi connectivity index (χ1) is 16.1. The van der Waals surface area contributed by atoms with Crippen LogP contribution in [-0.2, 0) is 4.79 Å². The Bertz CT molecular complexity index is 1180. The molecule has 0 aromatic heterocycles. The molecule has 0 atom stereocenters. The largest absolute Gasteiger partial charge is 0.497 e. The number of amides is 1. The monoisotopic (exact) mass is 441 g/mol. The third-order valence-electron chi connectivity index (χ3n) is 6.43. The highest BCUT2D eigenvalue weighted by Crippen LogP contribution is 2.37. The summed E-state index contributed by atoms with van der Waals surface area (Å²) in [6, 6.07) is 21.5. The van der Waals surface area contributed by atoms with Crippen LogP contribution in [0.3, 0.4) is 0 Å². The molecule has 3 aromatic carbocycles. The number of benzene rings is 3. The first-order valence-electron chi connectivity index (χ1n) is 11.3. The van der Waals surface area contributed by atoms with Crippen LogP contribution in [0.1, 0.15) is 28.8 Å². The number of ether oxygens (including phenoxy) is 1. The highest BCUT2D eigenvalue weighted by Gasteiger charge is 2.26. The molecule has 0 saturated carbocycles. The Balaban J connectivity index is 1.14. The smallest absolute Gasteiger partial charge is 0.238 e. The first-order valence-corrected chi connectivity index (χ1v) is 11.3. The van der Waals surface area contributed by atoms with Crippen LogP contribution in [0.2, 0.25) is 0 Å². The molecule has 0 radical (unpaired) electrons. The second-order valence-corrected chi connectivity index (χ2v) is 8.61. The van der Waals surface area contributed by atoms with Crippen molar-refractivity contribution in [3.05, 3.63) is 77.9 Å². The van der Waals surface area contributed by atoms with Crippen molar-refractivity contribution in [2.75, 3.05) is 37.4 Å². The summed E-state index contributed by atoms with van der Waals surface area (Å²) < 4.78 is 5.21. The van der Waals surface area contributed by atoms with Crippen LogP contribution in [0.5, 0.6) is 5.75 Å². The van der Waals surface area contributed by atoms with Gasteiger partial charge >= 0.3 is 0 Å². The van der Waals surface area contributed by atoms with Crippen LogP contribution in [0.4, 0.5) is 11.4 Å². The second-order valence-electron chi connectivity index (χ2n) is 8.61. The zero-order valence-electron chi connectivity index (χ0n) is 18.6. The molecule has 2 aliphatic rings. The predicted octanol–water partition coefficient (Wildman–Crippen LogP) is 4.42. The van der Waals surface area contributed by atoms with E-state index >= 15 is 0 Å². The molecule has 168 valence electrons. The molecule has 2 N–H and O–H groups in total. The number of fused-ring (bicyclic) bond motifs is 3. The van der Waals surface area contributed by atoms with Crippen LogP contribution >= 0.6 is 0 Å². The van der Waals surface area contributed by atoms with E-state index in [2.05, 4.69) is 15.5 Å². The van der Waals surface area contributed by atoms with Crippen molar-refractivity contribution in [3.63, 3.8) is 0 Å². The van der Waals surface area contributed by atoms with E-state index in [0.717, 1.165) is 59.7 Å². The number of ketones is 1. The Hall–Kier alpha value is -3.64. The lowest BCUT2D eigenvalue weighted by molar-refractivity contribution is -0.117. The Morgan fingerprint density at radius 3 is 2.30 bits per heavy atom. The van der Waals surface area contributed by atoms with Gasteiger partial charge in [-0.15, -0.1) is 0 Å². The van der Waals surface area contributed by atoms with E-state index in [1.54, 1.807) is 7.11 Å². The normalized spacial score (nSPS) is 15.6. The summed E-state index contributed by atoms with van der Waals surface area (Å²) in [4.78, 5) is 27.4. The summed E-state index contributed by atoms with van der Waals surface area (Å²) >= 11 is 0. The maximum absolute atomic E-state index is 12.7. The Morgan fingerprint density at radius 1 is 0.909 bits per heavy atom. The number of piperidine rings is 1. The summed E-state index contributed by atoms with van der Waals surface area (Å²) in [5.41, 5.74) is 5.05. The maximum atomic E-state index is 12.7. The van der Waals surface area contributed by atoms with Crippen molar-refractivity contribution in [3.8, 4) is 16.9 Å². The van der Waals surface area contributed by atoms with E-state index in [1.165, 1.54) is 0 Å². The van der Waals surface area contributed by atoms with E-state index in [-0.39, 0.29) is 11.7 Å². The van der Waals surface area contributed by atoms with Crippen LogP contribution in [-0.4, -0.2) is 49.4 Å². The number of carbonyl (C=O) groups excluding carboxylic acids is 2. The Morgan fingerprint density at radius 2 is 1.58 bits per heavy atom. The van der Waals surface area contributed by atoms with E-state index in [1.807, 2.05) is 66.7 Å². The molecule has 0 spiro atoms. The molecule has 0 unspecified atom stereocenters. The van der Waals surface area contributed by atoms with Crippen molar-refractivity contribution in [1.82, 2.24) is 4.90 Å². The fourth-order valence-electron chi connectivity index (χ4n) is 4.67. The van der Waals surface area contributed by atoms with Gasteiger partial charge in [0, 0.05) is 41.6 Å². The van der Waals surface area contributed by atoms with Gasteiger partial charge in [-0.1, -0.05) is 24.3 Å². The number of hydrogen-bond acceptors (Lipinski definition) is 5. The Kier molecular flexibility index (Phi) is 5.84. The van der Waals surface area contributed by atoms with Gasteiger partial charge in [0.1, 0.15) is 5.75 Å². The number of carbonyl (C=O) groups is 2. The summed E-state index contributed by atoms with van der Waals surface area (Å²) in [5, 5.41) is 6.58. The average Bonchev–Trinajstić information content (AvgIpc) is 3.12. The quantitative estimate of drug-likeness (QED) is 0.464. The number of anilines is 2. The maximum Gasteiger partial charge on any atom is 0.238 e. The van der Waals surface area contributed by atoms with Crippen molar-refractivity contribution in [2.24, 2.45) is 0 Å². The fraction of sp³-hybridized carbons (Fsp3) is 0.259. The lowest BCUT2D eigenvalue weighted by Crippen LogP contribution is -2.42. The molecule has 3 aromatic rings. The Labute approximate surface area is 193 Å². The molecule has 5 rings (SSSR count). The lowest BCUT2D eigenvalue weighted by Gasteiger charge is -2.32. The molecule has 1 saturated heterocycles. The number of hydrogen-bond donors (Lipinski definition) is 2. The fourth-order valence-corrected chi connectivity index (χ4v) is 4.67. The lowest BCUT2D eigenvalue weighted by atomic mass is 10.0. The SMILES string of the molecule is COc1ccc(NC2CCN(CC(=O)Nc3ccc4c(c3)-c3ccccc3C4=O)CC2)cc1. The first kappa shape index (κ1) is 21.2. The molecule has 1 amide bonds. The van der Waals surface area contributed by atoms with Gasteiger partial charge in [-0.25, -0.2) is 0 Å². The van der Waals surface area contributed by atoms with Gasteiger partial charge in [-0.2, -0.15) is 0 Å². The molecule has 1 aliphatic heterocycles. The van der Waals surface area contributed by atoms with Crippen molar-refractivity contribution in [1.29, 1.82) is 0 Å². The minimum Gasteiger partial charge on any atom is -0.497 e. The molecule has 1 fully saturated rings. The van der Waals surface area contributed by atoms with Crippen molar-refractivity contribution < 1.29 is 14.3 Å². The molecular formula is C27H27N3O3. The summed E-state index contributed by atoms with van der Waals surface area (Å²) in [6.07, 6.45) is 1.97. The standard InChI is InChI=1S/C27H27N3O3/c1-33-21-9-6-18(7-10-21)28-19-12-14-30(15-13-19)17-26(31)29-20-8-11-24-25(16-20)22-4-2-3-5-23(22)27(24)32/h2-11,16,19,28H,12-15,17H2,1H3,(H,29,31). The van der Waals surface area contributed by atoms with Gasteiger partial charge in [-0.3, -0.25) is 14.5 Å². The van der Waals surface area contributed by atoms with Crippen molar-refractivity contribution >= 4 is 23.1 Å². The number of nitrogens with zero attached hydrogens (tertiary/aromatic N) is 1. The van der Waals surface area contributed by atoms with Gasteiger partial charge in [-0.05, 0) is 66.4 Å². The summed E-state index contributed by atoms with van der Waals surface area (Å²) in [5.74, 6) is 0.860. The van der Waals surface area contributed by atoms with Crippen molar-refractivity contribution in [2.45, 2.75) is 18.9 Å².